The Labute approximate surface area is 113 Å². The molecule has 2 rings (SSSR count). The Hall–Kier alpha value is -1.55. The van der Waals surface area contributed by atoms with Gasteiger partial charge in [-0.3, -0.25) is 0 Å². The van der Waals surface area contributed by atoms with Crippen molar-refractivity contribution >= 4 is 11.7 Å². The van der Waals surface area contributed by atoms with Crippen LogP contribution in [0, 0.1) is 12.8 Å². The molecular formula is C15H21NO3. The van der Waals surface area contributed by atoms with Crippen molar-refractivity contribution in [3.63, 3.8) is 0 Å². The Morgan fingerprint density at radius 3 is 2.79 bits per heavy atom. The summed E-state index contributed by atoms with van der Waals surface area (Å²) in [4.78, 5) is 11.2. The van der Waals surface area contributed by atoms with E-state index in [4.69, 9.17) is 0 Å². The molecule has 19 heavy (non-hydrogen) atoms. The van der Waals surface area contributed by atoms with Crippen molar-refractivity contribution in [2.45, 2.75) is 38.7 Å². The van der Waals surface area contributed by atoms with E-state index >= 15 is 0 Å². The molecular weight excluding hydrogens is 242 g/mol. The number of rotatable bonds is 4. The van der Waals surface area contributed by atoms with Crippen LogP contribution in [0.25, 0.3) is 0 Å². The predicted octanol–water partition coefficient (Wildman–Crippen LogP) is 2.66. The van der Waals surface area contributed by atoms with Gasteiger partial charge in [0.05, 0.1) is 11.7 Å². The summed E-state index contributed by atoms with van der Waals surface area (Å²) in [5, 5.41) is 22.3. The highest BCUT2D eigenvalue weighted by Crippen LogP contribution is 2.25. The molecule has 1 saturated carbocycles. The summed E-state index contributed by atoms with van der Waals surface area (Å²) in [5.41, 5.74) is 1.86. The summed E-state index contributed by atoms with van der Waals surface area (Å²) < 4.78 is 0. The third-order valence-electron chi connectivity index (χ3n) is 3.83. The highest BCUT2D eigenvalue weighted by atomic mass is 16.4. The molecule has 1 aromatic rings. The first-order chi connectivity index (χ1) is 9.08. The van der Waals surface area contributed by atoms with Crippen LogP contribution in [0.1, 0.15) is 41.6 Å². The van der Waals surface area contributed by atoms with E-state index < -0.39 is 5.97 Å². The molecule has 1 aliphatic carbocycles. The highest BCUT2D eigenvalue weighted by molar-refractivity contribution is 5.94. The number of hydrogen-bond acceptors (Lipinski definition) is 3. The number of aromatic carboxylic acids is 1. The molecule has 4 nitrogen and oxygen atoms in total. The SMILES string of the molecule is Cc1ccc(NCC2CCCCC2O)c(C(=O)O)c1. The van der Waals surface area contributed by atoms with Gasteiger partial charge in [-0.25, -0.2) is 4.79 Å². The fourth-order valence-electron chi connectivity index (χ4n) is 2.66. The average molecular weight is 263 g/mol. The van der Waals surface area contributed by atoms with Crippen molar-refractivity contribution in [3.05, 3.63) is 29.3 Å². The van der Waals surface area contributed by atoms with E-state index in [1.54, 1.807) is 12.1 Å². The Morgan fingerprint density at radius 2 is 2.11 bits per heavy atom. The monoisotopic (exact) mass is 263 g/mol. The summed E-state index contributed by atoms with van der Waals surface area (Å²) in [5.74, 6) is -0.702. The molecule has 1 aliphatic rings. The van der Waals surface area contributed by atoms with Crippen molar-refractivity contribution in [1.82, 2.24) is 0 Å². The van der Waals surface area contributed by atoms with E-state index in [2.05, 4.69) is 5.32 Å². The first-order valence-corrected chi connectivity index (χ1v) is 6.84. The third kappa shape index (κ3) is 3.47. The molecule has 2 atom stereocenters. The number of carboxylic acid groups (broad SMARTS) is 1. The van der Waals surface area contributed by atoms with E-state index in [0.717, 1.165) is 31.2 Å². The molecule has 4 heteroatoms. The summed E-state index contributed by atoms with van der Waals surface area (Å²) in [6, 6.07) is 5.36. The lowest BCUT2D eigenvalue weighted by Gasteiger charge is -2.28. The van der Waals surface area contributed by atoms with Gasteiger partial charge < -0.3 is 15.5 Å². The number of hydrogen-bond donors (Lipinski definition) is 3. The zero-order chi connectivity index (χ0) is 13.8. The van der Waals surface area contributed by atoms with Crippen LogP contribution in [0.15, 0.2) is 18.2 Å². The van der Waals surface area contributed by atoms with Gasteiger partial charge in [0.1, 0.15) is 0 Å². The fourth-order valence-corrected chi connectivity index (χ4v) is 2.66. The molecule has 0 heterocycles. The van der Waals surface area contributed by atoms with E-state index in [1.807, 2.05) is 13.0 Å². The zero-order valence-corrected chi connectivity index (χ0v) is 11.2. The molecule has 1 aromatic carbocycles. The Kier molecular flexibility index (Phi) is 4.43. The van der Waals surface area contributed by atoms with Gasteiger partial charge in [-0.1, -0.05) is 24.5 Å². The number of nitrogens with one attached hydrogen (secondary N) is 1. The van der Waals surface area contributed by atoms with Crippen LogP contribution >= 0.6 is 0 Å². The average Bonchev–Trinajstić information content (AvgIpc) is 2.38. The van der Waals surface area contributed by atoms with Crippen molar-refractivity contribution < 1.29 is 15.0 Å². The van der Waals surface area contributed by atoms with Gasteiger partial charge in [-0.05, 0) is 31.9 Å². The van der Waals surface area contributed by atoms with E-state index in [0.29, 0.717) is 17.8 Å². The molecule has 1 fully saturated rings. The number of benzene rings is 1. The first-order valence-electron chi connectivity index (χ1n) is 6.84. The summed E-state index contributed by atoms with van der Waals surface area (Å²) in [6.07, 6.45) is 3.82. The van der Waals surface area contributed by atoms with E-state index in [9.17, 15) is 15.0 Å². The van der Waals surface area contributed by atoms with E-state index in [-0.39, 0.29) is 12.0 Å². The lowest BCUT2D eigenvalue weighted by molar-refractivity contribution is 0.0697. The smallest absolute Gasteiger partial charge is 0.337 e. The molecule has 3 N–H and O–H groups in total. The first kappa shape index (κ1) is 13.9. The van der Waals surface area contributed by atoms with Crippen molar-refractivity contribution in [3.8, 4) is 0 Å². The Morgan fingerprint density at radius 1 is 1.37 bits per heavy atom. The Balaban J connectivity index is 2.04. The molecule has 0 saturated heterocycles. The third-order valence-corrected chi connectivity index (χ3v) is 3.83. The molecule has 0 amide bonds. The summed E-state index contributed by atoms with van der Waals surface area (Å²) >= 11 is 0. The molecule has 0 aromatic heterocycles. The minimum atomic E-state index is -0.921. The van der Waals surface area contributed by atoms with Gasteiger partial charge in [-0.2, -0.15) is 0 Å². The van der Waals surface area contributed by atoms with Crippen LogP contribution in [0.3, 0.4) is 0 Å². The minimum Gasteiger partial charge on any atom is -0.478 e. The normalized spacial score (nSPS) is 23.1. The number of aryl methyl sites for hydroxylation is 1. The topological polar surface area (TPSA) is 69.6 Å². The van der Waals surface area contributed by atoms with Gasteiger partial charge in [0.15, 0.2) is 0 Å². The number of aliphatic hydroxyl groups excluding tert-OH is 1. The highest BCUT2D eigenvalue weighted by Gasteiger charge is 2.23. The van der Waals surface area contributed by atoms with Crippen LogP contribution in [-0.4, -0.2) is 28.8 Å². The lowest BCUT2D eigenvalue weighted by atomic mass is 9.86. The maximum Gasteiger partial charge on any atom is 0.337 e. The molecule has 0 radical (unpaired) electrons. The van der Waals surface area contributed by atoms with Crippen LogP contribution in [-0.2, 0) is 0 Å². The zero-order valence-electron chi connectivity index (χ0n) is 11.2. The largest absolute Gasteiger partial charge is 0.478 e. The number of anilines is 1. The van der Waals surface area contributed by atoms with Crippen molar-refractivity contribution in [1.29, 1.82) is 0 Å². The standard InChI is InChI=1S/C15H21NO3/c1-10-6-7-13(12(8-10)15(18)19)16-9-11-4-2-3-5-14(11)17/h6-8,11,14,16-17H,2-5,9H2,1H3,(H,18,19). The fraction of sp³-hybridized carbons (Fsp3) is 0.533. The quantitative estimate of drug-likeness (QED) is 0.781. The molecule has 0 bridgehead atoms. The second kappa shape index (κ2) is 6.06. The molecule has 2 unspecified atom stereocenters. The van der Waals surface area contributed by atoms with Gasteiger partial charge >= 0.3 is 5.97 Å². The van der Waals surface area contributed by atoms with Crippen LogP contribution in [0.2, 0.25) is 0 Å². The van der Waals surface area contributed by atoms with Gasteiger partial charge in [-0.15, -0.1) is 0 Å². The van der Waals surface area contributed by atoms with Crippen LogP contribution in [0.4, 0.5) is 5.69 Å². The number of carboxylic acids is 1. The van der Waals surface area contributed by atoms with E-state index in [1.165, 1.54) is 0 Å². The molecule has 104 valence electrons. The summed E-state index contributed by atoms with van der Waals surface area (Å²) in [6.45, 7) is 2.51. The van der Waals surface area contributed by atoms with Crippen molar-refractivity contribution in [2.75, 3.05) is 11.9 Å². The van der Waals surface area contributed by atoms with Crippen molar-refractivity contribution in [2.24, 2.45) is 5.92 Å². The van der Waals surface area contributed by atoms with Gasteiger partial charge in [0, 0.05) is 18.2 Å². The second-order valence-corrected chi connectivity index (χ2v) is 5.35. The number of aliphatic hydroxyl groups is 1. The van der Waals surface area contributed by atoms with Crippen LogP contribution < -0.4 is 5.32 Å². The Bertz CT molecular complexity index is 459. The maximum absolute atomic E-state index is 11.2. The molecule has 0 spiro atoms. The molecule has 0 aliphatic heterocycles. The minimum absolute atomic E-state index is 0.219. The lowest BCUT2D eigenvalue weighted by Crippen LogP contribution is -2.30. The second-order valence-electron chi connectivity index (χ2n) is 5.35. The maximum atomic E-state index is 11.2. The predicted molar refractivity (Wildman–Crippen MR) is 74.6 cm³/mol. The van der Waals surface area contributed by atoms with Crippen LogP contribution in [0.5, 0.6) is 0 Å². The number of carbonyl (C=O) groups is 1. The van der Waals surface area contributed by atoms with Gasteiger partial charge in [0.2, 0.25) is 0 Å². The summed E-state index contributed by atoms with van der Waals surface area (Å²) in [7, 11) is 0. The van der Waals surface area contributed by atoms with Gasteiger partial charge in [0.25, 0.3) is 0 Å².